The Balaban J connectivity index is 0.00000226. The van der Waals surface area contributed by atoms with Gasteiger partial charge in [-0.25, -0.2) is 9.97 Å². The van der Waals surface area contributed by atoms with E-state index in [4.69, 9.17) is 11.6 Å². The summed E-state index contributed by atoms with van der Waals surface area (Å²) in [5, 5.41) is 2.79. The number of benzene rings is 1. The highest BCUT2D eigenvalue weighted by Gasteiger charge is 2.34. The van der Waals surface area contributed by atoms with E-state index in [9.17, 15) is 18.0 Å². The zero-order valence-corrected chi connectivity index (χ0v) is 26.4. The zero-order valence-electron chi connectivity index (χ0n) is 24.8. The molecule has 2 aliphatic heterocycles. The number of nitrogens with zero attached hydrogens (tertiary/aromatic N) is 5. The summed E-state index contributed by atoms with van der Waals surface area (Å²) in [5.41, 5.74) is 0.676. The highest BCUT2D eigenvalue weighted by Crippen LogP contribution is 2.35. The average molecular weight is 615 g/mol. The lowest BCUT2D eigenvalue weighted by molar-refractivity contribution is -0.137. The van der Waals surface area contributed by atoms with Gasteiger partial charge >= 0.3 is 6.18 Å². The van der Waals surface area contributed by atoms with Gasteiger partial charge in [-0.1, -0.05) is 43.5 Å². The van der Waals surface area contributed by atoms with E-state index in [-0.39, 0.29) is 17.5 Å². The molecule has 0 atom stereocenters. The summed E-state index contributed by atoms with van der Waals surface area (Å²) in [6.45, 7) is 11.3. The third-order valence-electron chi connectivity index (χ3n) is 7.83. The van der Waals surface area contributed by atoms with E-state index in [2.05, 4.69) is 37.8 Å². The Morgan fingerprint density at radius 3 is 2.29 bits per heavy atom. The Morgan fingerprint density at radius 1 is 1.10 bits per heavy atom. The van der Waals surface area contributed by atoms with Crippen LogP contribution in [0, 0.1) is 13.8 Å². The van der Waals surface area contributed by atoms with Crippen molar-refractivity contribution in [2.75, 3.05) is 44.8 Å². The minimum Gasteiger partial charge on any atom is -0.366 e. The number of carbonyl (C=O) groups excluding carboxylic acids is 1. The SMILES string of the molecule is CC.CSN(C)C1CCN(C2CCN(C(=O)c3nc(C)nc(NCc4ccc(C(F)(F)F)c(Cl)c4)c3C)CC2)CC1. The molecule has 0 spiro atoms. The number of aromatic nitrogens is 2. The molecule has 7 nitrogen and oxygen atoms in total. The molecule has 0 bridgehead atoms. The second-order valence-corrected chi connectivity index (χ2v) is 11.6. The molecule has 4 rings (SSSR count). The van der Waals surface area contributed by atoms with Gasteiger partial charge < -0.3 is 15.1 Å². The fourth-order valence-electron chi connectivity index (χ4n) is 5.44. The molecule has 1 N–H and O–H groups in total. The van der Waals surface area contributed by atoms with Gasteiger partial charge in [-0.15, -0.1) is 0 Å². The van der Waals surface area contributed by atoms with Gasteiger partial charge in [0, 0.05) is 37.3 Å². The van der Waals surface area contributed by atoms with Gasteiger partial charge in [-0.3, -0.25) is 9.10 Å². The molecule has 2 aliphatic rings. The summed E-state index contributed by atoms with van der Waals surface area (Å²) < 4.78 is 41.4. The number of hydrogen-bond donors (Lipinski definition) is 1. The maximum Gasteiger partial charge on any atom is 0.417 e. The van der Waals surface area contributed by atoms with E-state index < -0.39 is 11.7 Å². The Bertz CT molecular complexity index is 1170. The van der Waals surface area contributed by atoms with Crippen molar-refractivity contribution in [3.05, 3.63) is 51.4 Å². The molecule has 228 valence electrons. The molecule has 2 fully saturated rings. The molecule has 0 aliphatic carbocycles. The number of nitrogens with one attached hydrogen (secondary N) is 1. The Kier molecular flexibility index (Phi) is 12.1. The van der Waals surface area contributed by atoms with Crippen LogP contribution in [0.2, 0.25) is 5.02 Å². The summed E-state index contributed by atoms with van der Waals surface area (Å²) in [4.78, 5) is 26.8. The average Bonchev–Trinajstić information content (AvgIpc) is 2.97. The van der Waals surface area contributed by atoms with Gasteiger partial charge in [0.25, 0.3) is 5.91 Å². The van der Waals surface area contributed by atoms with E-state index in [0.717, 1.165) is 32.0 Å². The summed E-state index contributed by atoms with van der Waals surface area (Å²) in [6.07, 6.45) is 1.84. The molecule has 1 aromatic carbocycles. The van der Waals surface area contributed by atoms with Crippen molar-refractivity contribution in [3.63, 3.8) is 0 Å². The number of alkyl halides is 3. The minimum atomic E-state index is -4.51. The molecule has 1 amide bonds. The van der Waals surface area contributed by atoms with Crippen molar-refractivity contribution in [3.8, 4) is 0 Å². The molecule has 2 aromatic rings. The van der Waals surface area contributed by atoms with Crippen molar-refractivity contribution >= 4 is 35.3 Å². The number of hydrogen-bond acceptors (Lipinski definition) is 7. The topological polar surface area (TPSA) is 64.6 Å². The van der Waals surface area contributed by atoms with Crippen LogP contribution in [-0.4, -0.2) is 81.5 Å². The fourth-order valence-corrected chi connectivity index (χ4v) is 6.26. The largest absolute Gasteiger partial charge is 0.417 e. The quantitative estimate of drug-likeness (QED) is 0.349. The summed E-state index contributed by atoms with van der Waals surface area (Å²) in [5.74, 6) is 0.817. The second-order valence-electron chi connectivity index (χ2n) is 10.3. The van der Waals surface area contributed by atoms with Gasteiger partial charge in [0.2, 0.25) is 0 Å². The zero-order chi connectivity index (χ0) is 30.3. The minimum absolute atomic E-state index is 0.114. The summed E-state index contributed by atoms with van der Waals surface area (Å²) in [6, 6.07) is 4.77. The van der Waals surface area contributed by atoms with Crippen LogP contribution in [0.15, 0.2) is 18.2 Å². The van der Waals surface area contributed by atoms with E-state index >= 15 is 0 Å². The van der Waals surface area contributed by atoms with Gasteiger partial charge in [0.05, 0.1) is 10.6 Å². The molecule has 1 aromatic heterocycles. The first-order chi connectivity index (χ1) is 19.5. The predicted octanol–water partition coefficient (Wildman–Crippen LogP) is 6.68. The van der Waals surface area contributed by atoms with Crippen molar-refractivity contribution in [2.45, 2.75) is 78.2 Å². The summed E-state index contributed by atoms with van der Waals surface area (Å²) >= 11 is 7.65. The maximum absolute atomic E-state index is 13.5. The van der Waals surface area contributed by atoms with Crippen molar-refractivity contribution in [1.29, 1.82) is 0 Å². The van der Waals surface area contributed by atoms with Crippen LogP contribution in [0.3, 0.4) is 0 Å². The molecule has 2 saturated heterocycles. The first-order valence-electron chi connectivity index (χ1n) is 14.2. The van der Waals surface area contributed by atoms with Crippen molar-refractivity contribution in [1.82, 2.24) is 24.1 Å². The van der Waals surface area contributed by atoms with Crippen LogP contribution in [0.4, 0.5) is 19.0 Å². The molecule has 12 heteroatoms. The third-order valence-corrected chi connectivity index (χ3v) is 9.02. The van der Waals surface area contributed by atoms with Crippen LogP contribution in [0.25, 0.3) is 0 Å². The molecule has 0 unspecified atom stereocenters. The van der Waals surface area contributed by atoms with Gasteiger partial charge in [0.15, 0.2) is 0 Å². The van der Waals surface area contributed by atoms with Crippen molar-refractivity contribution < 1.29 is 18.0 Å². The first-order valence-corrected chi connectivity index (χ1v) is 15.8. The smallest absolute Gasteiger partial charge is 0.366 e. The molecular formula is C29H42ClF3N6OS. The fraction of sp³-hybridized carbons (Fsp3) is 0.621. The number of piperidine rings is 2. The van der Waals surface area contributed by atoms with E-state index in [0.29, 0.717) is 53.6 Å². The van der Waals surface area contributed by atoms with Crippen LogP contribution in [0.1, 0.15) is 72.5 Å². The number of rotatable bonds is 7. The van der Waals surface area contributed by atoms with E-state index in [1.807, 2.05) is 18.7 Å². The standard InChI is InChI=1S/C27H36ClF3N6OS.C2H6/c1-17-24(26(38)37-13-9-21(10-14-37)36-11-7-20(8-12-36)35(3)39-4)33-18(2)34-25(17)32-16-19-5-6-22(23(28)15-19)27(29,30)31;1-2/h5-6,15,20-21H,7-14,16H2,1-4H3,(H,32,33,34);1-2H3. The third kappa shape index (κ3) is 8.49. The van der Waals surface area contributed by atoms with Crippen LogP contribution < -0.4 is 5.32 Å². The lowest BCUT2D eigenvalue weighted by Crippen LogP contribution is -2.51. The lowest BCUT2D eigenvalue weighted by Gasteiger charge is -2.43. The number of halogens is 4. The number of anilines is 1. The van der Waals surface area contributed by atoms with E-state index in [1.54, 1.807) is 25.8 Å². The van der Waals surface area contributed by atoms with Crippen LogP contribution in [-0.2, 0) is 12.7 Å². The monoisotopic (exact) mass is 614 g/mol. The summed E-state index contributed by atoms with van der Waals surface area (Å²) in [7, 11) is 2.16. The number of carbonyl (C=O) groups is 1. The molecule has 0 radical (unpaired) electrons. The van der Waals surface area contributed by atoms with Gasteiger partial charge in [-0.05, 0) is 83.6 Å². The highest BCUT2D eigenvalue weighted by molar-refractivity contribution is 7.96. The molecular weight excluding hydrogens is 573 g/mol. The van der Waals surface area contributed by atoms with Crippen LogP contribution >= 0.6 is 23.5 Å². The predicted molar refractivity (Wildman–Crippen MR) is 161 cm³/mol. The number of likely N-dealkylation sites (tertiary alicyclic amines) is 2. The lowest BCUT2D eigenvalue weighted by atomic mass is 9.97. The Labute approximate surface area is 251 Å². The first kappa shape index (κ1) is 33.4. The Morgan fingerprint density at radius 2 is 1.73 bits per heavy atom. The second kappa shape index (κ2) is 14.9. The normalized spacial score (nSPS) is 17.4. The van der Waals surface area contributed by atoms with Crippen molar-refractivity contribution in [2.24, 2.45) is 0 Å². The van der Waals surface area contributed by atoms with E-state index in [1.165, 1.54) is 25.0 Å². The molecule has 3 heterocycles. The highest BCUT2D eigenvalue weighted by atomic mass is 35.5. The molecule has 41 heavy (non-hydrogen) atoms. The maximum atomic E-state index is 13.5. The Hall–Kier alpha value is -2.08. The number of aryl methyl sites for hydroxylation is 1. The van der Waals surface area contributed by atoms with Gasteiger partial charge in [0.1, 0.15) is 17.3 Å². The van der Waals surface area contributed by atoms with Gasteiger partial charge in [-0.2, -0.15) is 13.2 Å². The molecule has 0 saturated carbocycles. The van der Waals surface area contributed by atoms with Crippen LogP contribution in [0.5, 0.6) is 0 Å². The number of amides is 1.